The normalized spacial score (nSPS) is 12.0. The molecule has 0 aliphatic rings. The van der Waals surface area contributed by atoms with Crippen molar-refractivity contribution in [2.45, 2.75) is 12.7 Å². The second-order valence-corrected chi connectivity index (χ2v) is 4.68. The molecular formula is C14H11F3N4O. The van der Waals surface area contributed by atoms with E-state index in [4.69, 9.17) is 5.73 Å². The fraction of sp³-hybridized carbons (Fsp3) is 0.143. The number of alkyl halides is 3. The van der Waals surface area contributed by atoms with Gasteiger partial charge in [-0.1, -0.05) is 30.3 Å². The average molecular weight is 308 g/mol. The van der Waals surface area contributed by atoms with E-state index >= 15 is 0 Å². The number of nitrogens with zero attached hydrogens (tertiary/aromatic N) is 2. The zero-order valence-electron chi connectivity index (χ0n) is 11.2. The summed E-state index contributed by atoms with van der Waals surface area (Å²) in [5, 5.41) is 3.44. The lowest BCUT2D eigenvalue weighted by Gasteiger charge is -2.06. The molecule has 5 nitrogen and oxygen atoms in total. The monoisotopic (exact) mass is 308 g/mol. The maximum Gasteiger partial charge on any atom is 0.435 e. The van der Waals surface area contributed by atoms with Crippen LogP contribution in [0.4, 0.5) is 13.2 Å². The van der Waals surface area contributed by atoms with Crippen molar-refractivity contribution in [1.29, 1.82) is 0 Å². The van der Waals surface area contributed by atoms with Crippen molar-refractivity contribution in [2.24, 2.45) is 5.73 Å². The number of rotatable bonds is 2. The maximum absolute atomic E-state index is 13.3. The highest BCUT2D eigenvalue weighted by molar-refractivity contribution is 5.80. The number of nitrogens with two attached hydrogens (primary N) is 1. The molecule has 3 N–H and O–H groups in total. The number of aromatic nitrogens is 3. The van der Waals surface area contributed by atoms with Gasteiger partial charge in [-0.2, -0.15) is 22.8 Å². The SMILES string of the molecule is NCc1cc(=O)n2nc(C(F)(F)F)c(-c3ccccc3)c2[nH]1. The Morgan fingerprint density at radius 3 is 2.50 bits per heavy atom. The summed E-state index contributed by atoms with van der Waals surface area (Å²) in [7, 11) is 0. The van der Waals surface area contributed by atoms with E-state index in [0.717, 1.165) is 6.07 Å². The predicted molar refractivity (Wildman–Crippen MR) is 74.1 cm³/mol. The lowest BCUT2D eigenvalue weighted by atomic mass is 10.1. The van der Waals surface area contributed by atoms with Gasteiger partial charge in [-0.3, -0.25) is 4.79 Å². The van der Waals surface area contributed by atoms with E-state index in [1.807, 2.05) is 0 Å². The van der Waals surface area contributed by atoms with Crippen LogP contribution in [0.3, 0.4) is 0 Å². The molecule has 8 heteroatoms. The third-order valence-electron chi connectivity index (χ3n) is 3.22. The summed E-state index contributed by atoms with van der Waals surface area (Å²) < 4.78 is 40.5. The molecule has 0 aliphatic heterocycles. The van der Waals surface area contributed by atoms with E-state index in [-0.39, 0.29) is 17.8 Å². The smallest absolute Gasteiger partial charge is 0.342 e. The van der Waals surface area contributed by atoms with E-state index in [9.17, 15) is 18.0 Å². The molecule has 0 unspecified atom stereocenters. The molecule has 0 saturated heterocycles. The molecule has 1 aromatic carbocycles. The summed E-state index contributed by atoms with van der Waals surface area (Å²) in [6.07, 6.45) is -4.68. The highest BCUT2D eigenvalue weighted by atomic mass is 19.4. The van der Waals surface area contributed by atoms with Crippen molar-refractivity contribution in [1.82, 2.24) is 14.6 Å². The summed E-state index contributed by atoms with van der Waals surface area (Å²) in [6.45, 7) is 0.00645. The Bertz CT molecular complexity index is 881. The molecule has 0 aliphatic carbocycles. The number of hydrogen-bond acceptors (Lipinski definition) is 3. The standard InChI is InChI=1S/C14H11F3N4O/c15-14(16,17)12-11(8-4-2-1-3-5-8)13-19-9(7-18)6-10(22)21(13)20-12/h1-6,19H,7,18H2. The fourth-order valence-corrected chi connectivity index (χ4v) is 2.28. The van der Waals surface area contributed by atoms with Gasteiger partial charge in [-0.25, -0.2) is 0 Å². The van der Waals surface area contributed by atoms with Gasteiger partial charge in [0.25, 0.3) is 5.56 Å². The van der Waals surface area contributed by atoms with Gasteiger partial charge in [-0.05, 0) is 5.56 Å². The molecule has 0 bridgehead atoms. The number of aromatic amines is 1. The average Bonchev–Trinajstić information content (AvgIpc) is 2.88. The quantitative estimate of drug-likeness (QED) is 0.762. The molecule has 0 saturated carbocycles. The molecule has 0 spiro atoms. The first-order valence-corrected chi connectivity index (χ1v) is 6.39. The Morgan fingerprint density at radius 2 is 1.91 bits per heavy atom. The summed E-state index contributed by atoms with van der Waals surface area (Å²) in [4.78, 5) is 14.7. The maximum atomic E-state index is 13.3. The van der Waals surface area contributed by atoms with Gasteiger partial charge in [0, 0.05) is 18.3 Å². The highest BCUT2D eigenvalue weighted by Crippen LogP contribution is 2.37. The highest BCUT2D eigenvalue weighted by Gasteiger charge is 2.39. The summed E-state index contributed by atoms with van der Waals surface area (Å²) in [5.41, 5.74) is 4.16. The molecule has 2 heterocycles. The van der Waals surface area contributed by atoms with Gasteiger partial charge in [0.2, 0.25) is 0 Å². The Kier molecular flexibility index (Phi) is 3.25. The van der Waals surface area contributed by atoms with E-state index in [2.05, 4.69) is 10.1 Å². The molecular weight excluding hydrogens is 297 g/mol. The first-order valence-electron chi connectivity index (χ1n) is 6.39. The van der Waals surface area contributed by atoms with Crippen LogP contribution < -0.4 is 11.3 Å². The Morgan fingerprint density at radius 1 is 1.23 bits per heavy atom. The number of fused-ring (bicyclic) bond motifs is 1. The van der Waals surface area contributed by atoms with Crippen molar-refractivity contribution in [2.75, 3.05) is 0 Å². The molecule has 3 rings (SSSR count). The van der Waals surface area contributed by atoms with Gasteiger partial charge in [0.15, 0.2) is 5.69 Å². The Balaban J connectivity index is 2.45. The lowest BCUT2D eigenvalue weighted by molar-refractivity contribution is -0.140. The van der Waals surface area contributed by atoms with E-state index in [0.29, 0.717) is 15.8 Å². The number of H-pyrrole nitrogens is 1. The van der Waals surface area contributed by atoms with Crippen LogP contribution in [0, 0.1) is 0 Å². The summed E-state index contributed by atoms with van der Waals surface area (Å²) >= 11 is 0. The fourth-order valence-electron chi connectivity index (χ4n) is 2.28. The molecule has 0 fully saturated rings. The molecule has 0 amide bonds. The van der Waals surface area contributed by atoms with Crippen molar-refractivity contribution >= 4 is 5.65 Å². The molecule has 114 valence electrons. The van der Waals surface area contributed by atoms with Gasteiger partial charge >= 0.3 is 6.18 Å². The van der Waals surface area contributed by atoms with Crippen molar-refractivity contribution in [3.8, 4) is 11.1 Å². The van der Waals surface area contributed by atoms with E-state index in [1.165, 1.54) is 12.1 Å². The largest absolute Gasteiger partial charge is 0.435 e. The predicted octanol–water partition coefficient (Wildman–Crippen LogP) is 2.17. The van der Waals surface area contributed by atoms with Crippen LogP contribution >= 0.6 is 0 Å². The molecule has 2 aromatic heterocycles. The topological polar surface area (TPSA) is 76.2 Å². The summed E-state index contributed by atoms with van der Waals surface area (Å²) in [5.74, 6) is 0. The van der Waals surface area contributed by atoms with Gasteiger partial charge in [0.1, 0.15) is 5.65 Å². The second-order valence-electron chi connectivity index (χ2n) is 4.68. The van der Waals surface area contributed by atoms with Crippen LogP contribution in [0.5, 0.6) is 0 Å². The van der Waals surface area contributed by atoms with Gasteiger partial charge < -0.3 is 10.7 Å². The summed E-state index contributed by atoms with van der Waals surface area (Å²) in [6, 6.07) is 9.11. The first kappa shape index (κ1) is 14.3. The van der Waals surface area contributed by atoms with Crippen molar-refractivity contribution in [3.63, 3.8) is 0 Å². The van der Waals surface area contributed by atoms with Crippen molar-refractivity contribution in [3.05, 3.63) is 58.1 Å². The van der Waals surface area contributed by atoms with Crippen LogP contribution in [0.1, 0.15) is 11.4 Å². The molecule has 0 radical (unpaired) electrons. The number of benzene rings is 1. The van der Waals surface area contributed by atoms with Crippen molar-refractivity contribution < 1.29 is 13.2 Å². The first-order chi connectivity index (χ1) is 10.4. The van der Waals surface area contributed by atoms with Crippen LogP contribution in [0.2, 0.25) is 0 Å². The minimum atomic E-state index is -4.68. The molecule has 3 aromatic rings. The molecule has 22 heavy (non-hydrogen) atoms. The minimum Gasteiger partial charge on any atom is -0.342 e. The van der Waals surface area contributed by atoms with Crippen LogP contribution in [0.15, 0.2) is 41.2 Å². The Hall–Kier alpha value is -2.61. The number of halogens is 3. The lowest BCUT2D eigenvalue weighted by Crippen LogP contribution is -2.17. The second kappa shape index (κ2) is 4.99. The van der Waals surface area contributed by atoms with Crippen LogP contribution in [-0.4, -0.2) is 14.6 Å². The Labute approximate surface area is 122 Å². The van der Waals surface area contributed by atoms with Crippen LogP contribution in [-0.2, 0) is 12.7 Å². The third kappa shape index (κ3) is 2.27. The van der Waals surface area contributed by atoms with Crippen LogP contribution in [0.25, 0.3) is 16.8 Å². The van der Waals surface area contributed by atoms with Gasteiger partial charge in [-0.15, -0.1) is 0 Å². The molecule has 0 atom stereocenters. The van der Waals surface area contributed by atoms with Gasteiger partial charge in [0.05, 0.1) is 5.56 Å². The zero-order valence-corrected chi connectivity index (χ0v) is 11.2. The number of hydrogen-bond donors (Lipinski definition) is 2. The third-order valence-corrected chi connectivity index (χ3v) is 3.22. The van der Waals surface area contributed by atoms with E-state index < -0.39 is 17.4 Å². The van der Waals surface area contributed by atoms with E-state index in [1.54, 1.807) is 18.2 Å². The zero-order chi connectivity index (χ0) is 15.9. The minimum absolute atomic E-state index is 0.00645. The number of nitrogens with one attached hydrogen (secondary N) is 1.